The Bertz CT molecular complexity index is 713. The third-order valence-corrected chi connectivity index (χ3v) is 4.24. The van der Waals surface area contributed by atoms with E-state index in [0.717, 1.165) is 30.8 Å². The molecule has 0 saturated carbocycles. The van der Waals surface area contributed by atoms with Crippen LogP contribution in [0.4, 0.5) is 16.4 Å². The van der Waals surface area contributed by atoms with Gasteiger partial charge in [-0.1, -0.05) is 13.8 Å². The summed E-state index contributed by atoms with van der Waals surface area (Å²) in [7, 11) is 1.85. The van der Waals surface area contributed by atoms with Crippen LogP contribution in [0, 0.1) is 0 Å². The van der Waals surface area contributed by atoms with Gasteiger partial charge in [0.15, 0.2) is 0 Å². The molecule has 0 aliphatic carbocycles. The predicted molar refractivity (Wildman–Crippen MR) is 96.7 cm³/mol. The smallest absolute Gasteiger partial charge is 0.319 e. The third kappa shape index (κ3) is 4.26. The number of carbonyl (C=O) groups excluding carboxylic acids is 1. The lowest BCUT2D eigenvalue weighted by Crippen LogP contribution is -2.49. The first-order valence-electron chi connectivity index (χ1n) is 8.66. The second-order valence-electron chi connectivity index (χ2n) is 6.69. The van der Waals surface area contributed by atoms with Gasteiger partial charge in [-0.2, -0.15) is 5.10 Å². The van der Waals surface area contributed by atoms with Crippen LogP contribution in [0.5, 0.6) is 0 Å². The second-order valence-corrected chi connectivity index (χ2v) is 6.69. The van der Waals surface area contributed by atoms with E-state index in [2.05, 4.69) is 44.4 Å². The summed E-state index contributed by atoms with van der Waals surface area (Å²) in [6.07, 6.45) is 7.25. The highest BCUT2D eigenvalue weighted by Crippen LogP contribution is 2.22. The van der Waals surface area contributed by atoms with Gasteiger partial charge in [0, 0.05) is 44.8 Å². The van der Waals surface area contributed by atoms with Crippen LogP contribution in [-0.2, 0) is 7.05 Å². The number of piperidine rings is 1. The normalized spacial score (nSPS) is 17.6. The van der Waals surface area contributed by atoms with E-state index < -0.39 is 0 Å². The Labute approximate surface area is 147 Å². The molecule has 3 heterocycles. The average molecular weight is 343 g/mol. The van der Waals surface area contributed by atoms with Crippen LogP contribution in [0.25, 0.3) is 0 Å². The summed E-state index contributed by atoms with van der Waals surface area (Å²) in [5, 5.41) is 10.4. The molecule has 2 amide bonds. The molecule has 0 bridgehead atoms. The highest BCUT2D eigenvalue weighted by Gasteiger charge is 2.23. The van der Waals surface area contributed by atoms with Crippen LogP contribution < -0.4 is 15.5 Å². The van der Waals surface area contributed by atoms with Gasteiger partial charge in [0.25, 0.3) is 0 Å². The zero-order valence-corrected chi connectivity index (χ0v) is 14.9. The lowest BCUT2D eigenvalue weighted by atomic mass is 10.1. The standard InChI is InChI=1S/C17H25N7O/c1-12(2)15-14(11-23(3)22-15)21-17(25)20-13-6-4-9-24(10-13)16-18-7-5-8-19-16/h5,7-8,11-13H,4,6,9-10H2,1-3H3,(H2,20,21,25)/t13-/m1/s1. The zero-order chi connectivity index (χ0) is 17.8. The highest BCUT2D eigenvalue weighted by molar-refractivity contribution is 5.90. The molecule has 0 unspecified atom stereocenters. The van der Waals surface area contributed by atoms with Crippen molar-refractivity contribution in [1.82, 2.24) is 25.1 Å². The summed E-state index contributed by atoms with van der Waals surface area (Å²) in [4.78, 5) is 23.1. The number of rotatable bonds is 4. The Morgan fingerprint density at radius 1 is 1.32 bits per heavy atom. The summed E-state index contributed by atoms with van der Waals surface area (Å²) in [6, 6.07) is 1.67. The second kappa shape index (κ2) is 7.50. The summed E-state index contributed by atoms with van der Waals surface area (Å²) in [5.74, 6) is 0.959. The first-order chi connectivity index (χ1) is 12.0. The van der Waals surface area contributed by atoms with Crippen molar-refractivity contribution >= 4 is 17.7 Å². The summed E-state index contributed by atoms with van der Waals surface area (Å²) >= 11 is 0. The fraction of sp³-hybridized carbons (Fsp3) is 0.529. The van der Waals surface area contributed by atoms with Crippen molar-refractivity contribution in [3.8, 4) is 0 Å². The quantitative estimate of drug-likeness (QED) is 0.888. The van der Waals surface area contributed by atoms with Crippen molar-refractivity contribution in [1.29, 1.82) is 0 Å². The number of hydrogen-bond donors (Lipinski definition) is 2. The minimum atomic E-state index is -0.198. The van der Waals surface area contributed by atoms with E-state index in [-0.39, 0.29) is 18.0 Å². The molecule has 1 fully saturated rings. The van der Waals surface area contributed by atoms with Gasteiger partial charge < -0.3 is 15.5 Å². The summed E-state index contributed by atoms with van der Waals surface area (Å²) in [5.41, 5.74) is 1.65. The molecule has 0 radical (unpaired) electrons. The molecular formula is C17H25N7O. The molecule has 1 aliphatic heterocycles. The topological polar surface area (TPSA) is 88.0 Å². The maximum Gasteiger partial charge on any atom is 0.319 e. The van der Waals surface area contributed by atoms with E-state index in [0.29, 0.717) is 12.5 Å². The van der Waals surface area contributed by atoms with Gasteiger partial charge in [-0.15, -0.1) is 0 Å². The fourth-order valence-corrected chi connectivity index (χ4v) is 3.10. The van der Waals surface area contributed by atoms with Crippen molar-refractivity contribution < 1.29 is 4.79 Å². The van der Waals surface area contributed by atoms with Gasteiger partial charge in [0.05, 0.1) is 11.4 Å². The van der Waals surface area contributed by atoms with Gasteiger partial charge >= 0.3 is 6.03 Å². The zero-order valence-electron chi connectivity index (χ0n) is 14.9. The Kier molecular flexibility index (Phi) is 5.16. The minimum absolute atomic E-state index is 0.0664. The highest BCUT2D eigenvalue weighted by atomic mass is 16.2. The number of nitrogens with zero attached hydrogens (tertiary/aromatic N) is 5. The van der Waals surface area contributed by atoms with Gasteiger partial charge in [0.1, 0.15) is 0 Å². The van der Waals surface area contributed by atoms with Crippen LogP contribution in [-0.4, -0.2) is 44.9 Å². The maximum atomic E-state index is 12.4. The van der Waals surface area contributed by atoms with Crippen LogP contribution in [0.3, 0.4) is 0 Å². The minimum Gasteiger partial charge on any atom is -0.339 e. The number of aryl methyl sites for hydroxylation is 1. The van der Waals surface area contributed by atoms with E-state index in [4.69, 9.17) is 0 Å². The Hall–Kier alpha value is -2.64. The molecule has 1 saturated heterocycles. The molecule has 8 heteroatoms. The molecule has 8 nitrogen and oxygen atoms in total. The molecule has 2 aromatic rings. The molecule has 1 aliphatic rings. The summed E-state index contributed by atoms with van der Waals surface area (Å²) in [6.45, 7) is 5.74. The Morgan fingerprint density at radius 3 is 2.80 bits per heavy atom. The molecule has 2 N–H and O–H groups in total. The van der Waals surface area contributed by atoms with Crippen LogP contribution in [0.15, 0.2) is 24.7 Å². The Morgan fingerprint density at radius 2 is 2.08 bits per heavy atom. The molecule has 0 aromatic carbocycles. The molecule has 2 aromatic heterocycles. The van der Waals surface area contributed by atoms with Crippen LogP contribution in [0.1, 0.15) is 38.3 Å². The lowest BCUT2D eigenvalue weighted by Gasteiger charge is -2.33. The number of anilines is 2. The molecular weight excluding hydrogens is 318 g/mol. The predicted octanol–water partition coefficient (Wildman–Crippen LogP) is 2.12. The van der Waals surface area contributed by atoms with Gasteiger partial charge in [-0.05, 0) is 24.8 Å². The van der Waals surface area contributed by atoms with E-state index in [1.807, 2.05) is 13.2 Å². The van der Waals surface area contributed by atoms with Crippen molar-refractivity contribution in [3.63, 3.8) is 0 Å². The third-order valence-electron chi connectivity index (χ3n) is 4.24. The first kappa shape index (κ1) is 17.2. The van der Waals surface area contributed by atoms with Crippen molar-refractivity contribution in [2.75, 3.05) is 23.3 Å². The number of nitrogens with one attached hydrogen (secondary N) is 2. The number of hydrogen-bond acceptors (Lipinski definition) is 5. The lowest BCUT2D eigenvalue weighted by molar-refractivity contribution is 0.246. The number of aromatic nitrogens is 4. The maximum absolute atomic E-state index is 12.4. The van der Waals surface area contributed by atoms with E-state index in [9.17, 15) is 4.79 Å². The van der Waals surface area contributed by atoms with Crippen molar-refractivity contribution in [3.05, 3.63) is 30.4 Å². The van der Waals surface area contributed by atoms with Crippen molar-refractivity contribution in [2.45, 2.75) is 38.6 Å². The van der Waals surface area contributed by atoms with Gasteiger partial charge in [-0.25, -0.2) is 14.8 Å². The monoisotopic (exact) mass is 343 g/mol. The molecule has 134 valence electrons. The fourth-order valence-electron chi connectivity index (χ4n) is 3.10. The largest absolute Gasteiger partial charge is 0.339 e. The molecule has 3 rings (SSSR count). The van der Waals surface area contributed by atoms with Crippen molar-refractivity contribution in [2.24, 2.45) is 7.05 Å². The van der Waals surface area contributed by atoms with Crippen LogP contribution in [0.2, 0.25) is 0 Å². The number of amides is 2. The molecule has 0 spiro atoms. The van der Waals surface area contributed by atoms with E-state index in [1.54, 1.807) is 23.1 Å². The summed E-state index contributed by atoms with van der Waals surface area (Å²) < 4.78 is 1.72. The molecule has 25 heavy (non-hydrogen) atoms. The number of urea groups is 1. The van der Waals surface area contributed by atoms with Crippen LogP contribution >= 0.6 is 0 Å². The SMILES string of the molecule is CC(C)c1nn(C)cc1NC(=O)N[C@@H]1CCCN(c2ncccn2)C1. The van der Waals surface area contributed by atoms with Gasteiger partial charge in [-0.3, -0.25) is 4.68 Å². The molecule has 1 atom stereocenters. The van der Waals surface area contributed by atoms with E-state index in [1.165, 1.54) is 0 Å². The average Bonchev–Trinajstić information content (AvgIpc) is 2.96. The first-order valence-corrected chi connectivity index (χ1v) is 8.66. The van der Waals surface area contributed by atoms with E-state index >= 15 is 0 Å². The number of carbonyl (C=O) groups is 1. The Balaban J connectivity index is 1.59. The van der Waals surface area contributed by atoms with Gasteiger partial charge in [0.2, 0.25) is 5.95 Å².